The van der Waals surface area contributed by atoms with Crippen LogP contribution in [0.15, 0.2) is 30.3 Å². The van der Waals surface area contributed by atoms with Crippen molar-refractivity contribution < 1.29 is 27.5 Å². The highest BCUT2D eigenvalue weighted by Crippen LogP contribution is 2.35. The molecule has 2 heterocycles. The van der Waals surface area contributed by atoms with Crippen molar-refractivity contribution in [2.24, 2.45) is 5.92 Å². The number of ether oxygens (including phenoxy) is 1. The number of piperidine rings is 1. The Balaban J connectivity index is 1.26. The van der Waals surface area contributed by atoms with E-state index in [1.807, 2.05) is 4.90 Å². The number of anilines is 1. The van der Waals surface area contributed by atoms with Crippen molar-refractivity contribution >= 4 is 18.0 Å². The fourth-order valence-electron chi connectivity index (χ4n) is 4.59. The number of carbonyl (C=O) groups is 2. The zero-order chi connectivity index (χ0) is 25.7. The number of hydrogen-bond donors (Lipinski definition) is 1. The smallest absolute Gasteiger partial charge is 0.417 e. The number of rotatable bonds is 6. The maximum atomic E-state index is 13.2. The van der Waals surface area contributed by atoms with Gasteiger partial charge in [0.1, 0.15) is 12.0 Å². The van der Waals surface area contributed by atoms with Gasteiger partial charge in [0.15, 0.2) is 11.5 Å². The average molecular weight is 502 g/mol. The monoisotopic (exact) mass is 501 g/mol. The van der Waals surface area contributed by atoms with E-state index in [4.69, 9.17) is 10.00 Å². The van der Waals surface area contributed by atoms with Gasteiger partial charge in [-0.05, 0) is 68.9 Å². The summed E-state index contributed by atoms with van der Waals surface area (Å²) in [5, 5.41) is 20.1. The SMILES string of the molecule is N#Cc1ccc(OC2CCC(NC(=O)c3ccc(N4CCC(C=O)CC4)nn3)CC2)cc1C(F)(F)F. The van der Waals surface area contributed by atoms with Crippen LogP contribution in [0.1, 0.15) is 60.1 Å². The molecule has 4 rings (SSSR count). The summed E-state index contributed by atoms with van der Waals surface area (Å²) in [6.45, 7) is 1.43. The Morgan fingerprint density at radius 1 is 1.08 bits per heavy atom. The summed E-state index contributed by atoms with van der Waals surface area (Å²) >= 11 is 0. The van der Waals surface area contributed by atoms with Crippen molar-refractivity contribution in [1.29, 1.82) is 5.26 Å². The summed E-state index contributed by atoms with van der Waals surface area (Å²) in [6.07, 6.45) is -0.0430. The molecule has 1 saturated carbocycles. The van der Waals surface area contributed by atoms with Gasteiger partial charge in [-0.25, -0.2) is 0 Å². The number of halogens is 3. The number of nitrogens with one attached hydrogen (secondary N) is 1. The molecule has 0 spiro atoms. The minimum absolute atomic E-state index is 0.0690. The van der Waals surface area contributed by atoms with E-state index in [1.54, 1.807) is 18.2 Å². The van der Waals surface area contributed by atoms with Crippen LogP contribution in [0.4, 0.5) is 19.0 Å². The van der Waals surface area contributed by atoms with Crippen molar-refractivity contribution in [2.75, 3.05) is 18.0 Å². The molecule has 1 aromatic heterocycles. The molecule has 11 heteroatoms. The summed E-state index contributed by atoms with van der Waals surface area (Å²) in [5.41, 5.74) is -1.25. The number of aromatic nitrogens is 2. The van der Waals surface area contributed by atoms with Crippen LogP contribution in [0.3, 0.4) is 0 Å². The van der Waals surface area contributed by atoms with Crippen molar-refractivity contribution in [2.45, 2.75) is 56.8 Å². The number of alkyl halides is 3. The van der Waals surface area contributed by atoms with Crippen molar-refractivity contribution in [3.63, 3.8) is 0 Å². The Morgan fingerprint density at radius 3 is 2.39 bits per heavy atom. The van der Waals surface area contributed by atoms with Gasteiger partial charge in [0.25, 0.3) is 5.91 Å². The lowest BCUT2D eigenvalue weighted by atomic mass is 9.92. The third kappa shape index (κ3) is 6.11. The highest BCUT2D eigenvalue weighted by atomic mass is 19.4. The van der Waals surface area contributed by atoms with E-state index in [0.717, 1.165) is 44.4 Å². The Morgan fingerprint density at radius 2 is 1.81 bits per heavy atom. The number of benzene rings is 1. The quantitative estimate of drug-likeness (QED) is 0.598. The number of nitrogens with zero attached hydrogens (tertiary/aromatic N) is 4. The molecule has 1 amide bonds. The highest BCUT2D eigenvalue weighted by Gasteiger charge is 2.34. The number of hydrogen-bond acceptors (Lipinski definition) is 7. The van der Waals surface area contributed by atoms with Crippen molar-refractivity contribution in [3.8, 4) is 11.8 Å². The van der Waals surface area contributed by atoms with E-state index >= 15 is 0 Å². The second kappa shape index (κ2) is 10.9. The summed E-state index contributed by atoms with van der Waals surface area (Å²) < 4.78 is 45.3. The molecule has 1 aromatic carbocycles. The molecule has 1 saturated heterocycles. The predicted molar refractivity (Wildman–Crippen MR) is 123 cm³/mol. The second-order valence-electron chi connectivity index (χ2n) is 9.12. The number of nitriles is 1. The lowest BCUT2D eigenvalue weighted by Gasteiger charge is -2.30. The standard InChI is InChI=1S/C25H26F3N5O3/c26-25(27,28)21-13-20(4-1-17(21)14-29)36-19-5-2-18(3-6-19)30-24(35)22-7-8-23(32-31-22)33-11-9-16(15-34)10-12-33/h1,4,7-8,13,15-16,18-19H,2-3,5-6,9-12H2,(H,30,35). The third-order valence-electron chi connectivity index (χ3n) is 6.67. The van der Waals surface area contributed by atoms with Gasteiger partial charge in [-0.2, -0.15) is 18.4 Å². The molecule has 190 valence electrons. The van der Waals surface area contributed by atoms with Crippen LogP contribution in [-0.2, 0) is 11.0 Å². The van der Waals surface area contributed by atoms with Gasteiger partial charge in [-0.1, -0.05) is 0 Å². The molecule has 2 fully saturated rings. The molecule has 8 nitrogen and oxygen atoms in total. The topological polar surface area (TPSA) is 108 Å². The van der Waals surface area contributed by atoms with Crippen LogP contribution in [-0.4, -0.2) is 47.6 Å². The summed E-state index contributed by atoms with van der Waals surface area (Å²) in [4.78, 5) is 25.6. The number of carbonyl (C=O) groups excluding carboxylic acids is 2. The summed E-state index contributed by atoms with van der Waals surface area (Å²) in [6, 6.07) is 8.17. The molecule has 2 aromatic rings. The first kappa shape index (κ1) is 25.4. The zero-order valence-corrected chi connectivity index (χ0v) is 19.5. The summed E-state index contributed by atoms with van der Waals surface area (Å²) in [7, 11) is 0. The van der Waals surface area contributed by atoms with Gasteiger partial charge in [0, 0.05) is 25.0 Å². The maximum Gasteiger partial charge on any atom is 0.417 e. The minimum Gasteiger partial charge on any atom is -0.490 e. The van der Waals surface area contributed by atoms with Gasteiger partial charge >= 0.3 is 6.18 Å². The van der Waals surface area contributed by atoms with E-state index in [0.29, 0.717) is 31.5 Å². The number of amides is 1. The Labute approximate surface area is 206 Å². The third-order valence-corrected chi connectivity index (χ3v) is 6.67. The molecule has 0 atom stereocenters. The van der Waals surface area contributed by atoms with Gasteiger partial charge < -0.3 is 19.7 Å². The van der Waals surface area contributed by atoms with E-state index in [1.165, 1.54) is 6.07 Å². The van der Waals surface area contributed by atoms with Crippen LogP contribution >= 0.6 is 0 Å². The van der Waals surface area contributed by atoms with E-state index in [2.05, 4.69) is 15.5 Å². The van der Waals surface area contributed by atoms with E-state index in [9.17, 15) is 22.8 Å². The molecular weight excluding hydrogens is 475 g/mol. The first-order chi connectivity index (χ1) is 17.3. The first-order valence-electron chi connectivity index (χ1n) is 11.9. The Bertz CT molecular complexity index is 1120. The Hall–Kier alpha value is -3.68. The molecule has 36 heavy (non-hydrogen) atoms. The fourth-order valence-corrected chi connectivity index (χ4v) is 4.59. The van der Waals surface area contributed by atoms with Crippen LogP contribution in [0.2, 0.25) is 0 Å². The van der Waals surface area contributed by atoms with E-state index < -0.39 is 17.3 Å². The molecule has 1 aliphatic heterocycles. The van der Waals surface area contributed by atoms with Crippen molar-refractivity contribution in [1.82, 2.24) is 15.5 Å². The lowest BCUT2D eigenvalue weighted by Crippen LogP contribution is -2.40. The zero-order valence-electron chi connectivity index (χ0n) is 19.5. The van der Waals surface area contributed by atoms with Gasteiger partial charge in [0.05, 0.1) is 23.3 Å². The molecular formula is C25H26F3N5O3. The van der Waals surface area contributed by atoms with Gasteiger partial charge in [-0.15, -0.1) is 10.2 Å². The largest absolute Gasteiger partial charge is 0.490 e. The maximum absolute atomic E-state index is 13.2. The highest BCUT2D eigenvalue weighted by molar-refractivity contribution is 5.92. The van der Waals surface area contributed by atoms with Crippen LogP contribution in [0, 0.1) is 17.2 Å². The summed E-state index contributed by atoms with van der Waals surface area (Å²) in [5.74, 6) is 0.491. The second-order valence-corrected chi connectivity index (χ2v) is 9.12. The van der Waals surface area contributed by atoms with Crippen LogP contribution < -0.4 is 15.0 Å². The Kier molecular flexibility index (Phi) is 7.72. The van der Waals surface area contributed by atoms with Gasteiger partial charge in [-0.3, -0.25) is 4.79 Å². The van der Waals surface area contributed by atoms with E-state index in [-0.39, 0.29) is 35.4 Å². The molecule has 0 unspecified atom stereocenters. The predicted octanol–water partition coefficient (Wildman–Crippen LogP) is 3.90. The van der Waals surface area contributed by atoms with Crippen LogP contribution in [0.25, 0.3) is 0 Å². The molecule has 0 radical (unpaired) electrons. The normalized spacial score (nSPS) is 20.9. The molecule has 0 bridgehead atoms. The van der Waals surface area contributed by atoms with Gasteiger partial charge in [0.2, 0.25) is 0 Å². The minimum atomic E-state index is -4.64. The number of aldehydes is 1. The fraction of sp³-hybridized carbons (Fsp3) is 0.480. The first-order valence-corrected chi connectivity index (χ1v) is 11.9. The van der Waals surface area contributed by atoms with Crippen LogP contribution in [0.5, 0.6) is 5.75 Å². The molecule has 2 aliphatic rings. The van der Waals surface area contributed by atoms with Crippen molar-refractivity contribution in [3.05, 3.63) is 47.2 Å². The molecule has 1 aliphatic carbocycles. The average Bonchev–Trinajstić information content (AvgIpc) is 2.89. The lowest BCUT2D eigenvalue weighted by molar-refractivity contribution is -0.138. The molecule has 1 N–H and O–H groups in total.